The first-order valence-electron chi connectivity index (χ1n) is 7.93. The molecular weight excluding hydrogens is 286 g/mol. The minimum Gasteiger partial charge on any atom is -0.392 e. The fraction of sp³-hybridized carbons (Fsp3) is 0.400. The van der Waals surface area contributed by atoms with Crippen LogP contribution in [0.2, 0.25) is 0 Å². The molecule has 0 aromatic rings. The number of ether oxygens (including phenoxy) is 1. The van der Waals surface area contributed by atoms with Gasteiger partial charge in [0.2, 0.25) is 0 Å². The van der Waals surface area contributed by atoms with Crippen molar-refractivity contribution in [2.75, 3.05) is 26.5 Å². The molecule has 1 atom stereocenters. The lowest BCUT2D eigenvalue weighted by molar-refractivity contribution is 0.0171. The molecule has 2 N–H and O–H groups in total. The fourth-order valence-electron chi connectivity index (χ4n) is 1.84. The first kappa shape index (κ1) is 23.6. The third-order valence-corrected chi connectivity index (χ3v) is 2.95. The van der Waals surface area contributed by atoms with Gasteiger partial charge in [-0.2, -0.15) is 0 Å². The van der Waals surface area contributed by atoms with Gasteiger partial charge in [-0.25, -0.2) is 0 Å². The normalized spacial score (nSPS) is 21.0. The van der Waals surface area contributed by atoms with Crippen molar-refractivity contribution in [1.29, 1.82) is 0 Å². The van der Waals surface area contributed by atoms with Gasteiger partial charge in [0.05, 0.1) is 19.9 Å². The fourth-order valence-corrected chi connectivity index (χ4v) is 1.84. The highest BCUT2D eigenvalue weighted by molar-refractivity contribution is 5.29. The van der Waals surface area contributed by atoms with E-state index in [1.807, 2.05) is 32.1 Å². The largest absolute Gasteiger partial charge is 0.392 e. The summed E-state index contributed by atoms with van der Waals surface area (Å²) in [5, 5.41) is 11.4. The van der Waals surface area contributed by atoms with Crippen molar-refractivity contribution < 1.29 is 9.84 Å². The molecule has 1 aliphatic rings. The Kier molecular flexibility index (Phi) is 17.1. The summed E-state index contributed by atoms with van der Waals surface area (Å²) in [4.78, 5) is 0. The smallest absolute Gasteiger partial charge is 0.0965 e. The Morgan fingerprint density at radius 1 is 1.17 bits per heavy atom. The highest BCUT2D eigenvalue weighted by Crippen LogP contribution is 2.29. The third kappa shape index (κ3) is 11.5. The van der Waals surface area contributed by atoms with Crippen molar-refractivity contribution >= 4 is 0 Å². The highest BCUT2D eigenvalue weighted by atomic mass is 16.5. The van der Waals surface area contributed by atoms with Gasteiger partial charge in [0.1, 0.15) is 0 Å². The van der Waals surface area contributed by atoms with Crippen LogP contribution in [-0.4, -0.2) is 31.6 Å². The minimum atomic E-state index is 0.0359. The van der Waals surface area contributed by atoms with E-state index in [2.05, 4.69) is 32.0 Å². The molecule has 3 heteroatoms. The van der Waals surface area contributed by atoms with Gasteiger partial charge in [-0.3, -0.25) is 5.32 Å². The van der Waals surface area contributed by atoms with Crippen LogP contribution in [0.3, 0.4) is 0 Å². The molecule has 3 nitrogen and oxygen atoms in total. The van der Waals surface area contributed by atoms with Gasteiger partial charge in [-0.1, -0.05) is 89.1 Å². The molecule has 1 unspecified atom stereocenters. The molecule has 0 saturated carbocycles. The van der Waals surface area contributed by atoms with Crippen LogP contribution in [0.25, 0.3) is 0 Å². The molecule has 0 aliphatic carbocycles. The van der Waals surface area contributed by atoms with Crippen LogP contribution in [-0.2, 0) is 4.74 Å². The van der Waals surface area contributed by atoms with E-state index in [0.717, 1.165) is 13.2 Å². The van der Waals surface area contributed by atoms with Crippen LogP contribution >= 0.6 is 0 Å². The van der Waals surface area contributed by atoms with Crippen LogP contribution < -0.4 is 5.32 Å². The third-order valence-electron chi connectivity index (χ3n) is 2.95. The Hall–Kier alpha value is -1.68. The van der Waals surface area contributed by atoms with E-state index < -0.39 is 0 Å². The Morgan fingerprint density at radius 2 is 1.87 bits per heavy atom. The average molecular weight is 319 g/mol. The van der Waals surface area contributed by atoms with Crippen molar-refractivity contribution in [2.45, 2.75) is 20.8 Å². The Balaban J connectivity index is 0. The van der Waals surface area contributed by atoms with Crippen LogP contribution in [0.15, 0.2) is 73.9 Å². The maximum Gasteiger partial charge on any atom is 0.0965 e. The lowest BCUT2D eigenvalue weighted by Gasteiger charge is -2.35. The number of nitrogens with one attached hydrogen (secondary N) is 1. The average Bonchev–Trinajstić information content (AvgIpc) is 2.59. The van der Waals surface area contributed by atoms with Gasteiger partial charge < -0.3 is 9.84 Å². The van der Waals surface area contributed by atoms with Gasteiger partial charge in [0.15, 0.2) is 0 Å². The first-order chi connectivity index (χ1) is 11.1. The molecule has 0 radical (unpaired) electrons. The first-order valence-corrected chi connectivity index (χ1v) is 7.93. The molecule has 1 fully saturated rings. The van der Waals surface area contributed by atoms with E-state index >= 15 is 0 Å². The molecule has 1 saturated heterocycles. The van der Waals surface area contributed by atoms with E-state index in [1.165, 1.54) is 5.57 Å². The lowest BCUT2D eigenvalue weighted by atomic mass is 9.82. The molecule has 0 amide bonds. The minimum absolute atomic E-state index is 0.0359. The number of hydrogen-bond donors (Lipinski definition) is 2. The SMILES string of the molecule is C=C/C=C(\C=C)C1(C)CNCOC1.C=C/C=C\C=C/CO.CC. The van der Waals surface area contributed by atoms with Crippen LogP contribution in [0, 0.1) is 5.41 Å². The van der Waals surface area contributed by atoms with Gasteiger partial charge in [-0.15, -0.1) is 0 Å². The molecule has 1 heterocycles. The summed E-state index contributed by atoms with van der Waals surface area (Å²) < 4.78 is 5.38. The summed E-state index contributed by atoms with van der Waals surface area (Å²) >= 11 is 0. The highest BCUT2D eigenvalue weighted by Gasteiger charge is 2.29. The quantitative estimate of drug-likeness (QED) is 0.722. The van der Waals surface area contributed by atoms with Gasteiger partial charge in [0, 0.05) is 12.0 Å². The van der Waals surface area contributed by atoms with E-state index in [0.29, 0.717) is 6.73 Å². The predicted molar refractivity (Wildman–Crippen MR) is 102 cm³/mol. The number of rotatable bonds is 6. The topological polar surface area (TPSA) is 41.5 Å². The monoisotopic (exact) mass is 319 g/mol. The maximum absolute atomic E-state index is 8.22. The lowest BCUT2D eigenvalue weighted by Crippen LogP contribution is -2.43. The van der Waals surface area contributed by atoms with Crippen molar-refractivity contribution in [1.82, 2.24) is 5.32 Å². The van der Waals surface area contributed by atoms with Crippen molar-refractivity contribution in [2.24, 2.45) is 5.41 Å². The maximum atomic E-state index is 8.22. The zero-order chi connectivity index (χ0) is 18.0. The Bertz CT molecular complexity index is 400. The standard InChI is InChI=1S/C11H17NO.C7H10O.C2H6/c1-4-6-10(5-2)11(3)7-12-9-13-8-11;1-2-3-4-5-6-7-8;1-2/h4-6,12H,1-2,7-9H2,3H3;2-6,8H,1,7H2;1-2H3/b10-6+;4-3-,6-5-;. The summed E-state index contributed by atoms with van der Waals surface area (Å²) in [5.74, 6) is 0. The molecule has 0 spiro atoms. The van der Waals surface area contributed by atoms with Crippen molar-refractivity contribution in [3.63, 3.8) is 0 Å². The van der Waals surface area contributed by atoms with E-state index in [1.54, 1.807) is 30.4 Å². The van der Waals surface area contributed by atoms with Gasteiger partial charge in [0.25, 0.3) is 0 Å². The molecule has 1 aliphatic heterocycles. The summed E-state index contributed by atoms with van der Waals surface area (Å²) in [5.41, 5.74) is 1.21. The van der Waals surface area contributed by atoms with Crippen LogP contribution in [0.4, 0.5) is 0 Å². The number of allylic oxidation sites excluding steroid dienone is 7. The van der Waals surface area contributed by atoms with Crippen molar-refractivity contribution in [3.8, 4) is 0 Å². The molecular formula is C20H33NO2. The van der Waals surface area contributed by atoms with Gasteiger partial charge >= 0.3 is 0 Å². The zero-order valence-corrected chi connectivity index (χ0v) is 14.9. The summed E-state index contributed by atoms with van der Waals surface area (Å²) in [6.45, 7) is 19.5. The number of aliphatic hydroxyl groups excluding tert-OH is 1. The molecule has 23 heavy (non-hydrogen) atoms. The van der Waals surface area contributed by atoms with Gasteiger partial charge in [-0.05, 0) is 5.57 Å². The molecule has 0 bridgehead atoms. The van der Waals surface area contributed by atoms with Crippen LogP contribution in [0.1, 0.15) is 20.8 Å². The summed E-state index contributed by atoms with van der Waals surface area (Å²) in [6.07, 6.45) is 14.4. The summed E-state index contributed by atoms with van der Waals surface area (Å²) in [7, 11) is 0. The molecule has 130 valence electrons. The van der Waals surface area contributed by atoms with E-state index in [9.17, 15) is 0 Å². The van der Waals surface area contributed by atoms with E-state index in [4.69, 9.17) is 9.84 Å². The molecule has 0 aromatic carbocycles. The second kappa shape index (κ2) is 16.7. The number of aliphatic hydroxyl groups is 1. The predicted octanol–water partition coefficient (Wildman–Crippen LogP) is 4.17. The van der Waals surface area contributed by atoms with Crippen molar-refractivity contribution in [3.05, 3.63) is 73.9 Å². The van der Waals surface area contributed by atoms with Crippen LogP contribution in [0.5, 0.6) is 0 Å². The number of hydrogen-bond acceptors (Lipinski definition) is 3. The molecule has 1 rings (SSSR count). The molecule has 0 aromatic heterocycles. The van der Waals surface area contributed by atoms with E-state index in [-0.39, 0.29) is 12.0 Å². The zero-order valence-electron chi connectivity index (χ0n) is 14.9. The Labute approximate surface area is 142 Å². The second-order valence-electron chi connectivity index (χ2n) is 4.77. The summed E-state index contributed by atoms with van der Waals surface area (Å²) in [6, 6.07) is 0. The Morgan fingerprint density at radius 3 is 2.30 bits per heavy atom. The second-order valence-corrected chi connectivity index (χ2v) is 4.77.